The summed E-state index contributed by atoms with van der Waals surface area (Å²) < 4.78 is 1.79. The average Bonchev–Trinajstić information content (AvgIpc) is 3.11. The van der Waals surface area contributed by atoms with Gasteiger partial charge in [-0.25, -0.2) is 0 Å². The molecule has 2 aromatic rings. The Bertz CT molecular complexity index is 574. The zero-order valence-corrected chi connectivity index (χ0v) is 13.7. The van der Waals surface area contributed by atoms with Crippen molar-refractivity contribution in [3.63, 3.8) is 0 Å². The summed E-state index contributed by atoms with van der Waals surface area (Å²) >= 11 is 1.92. The van der Waals surface area contributed by atoms with Gasteiger partial charge in [0.05, 0.1) is 5.69 Å². The van der Waals surface area contributed by atoms with E-state index in [2.05, 4.69) is 34.0 Å². The van der Waals surface area contributed by atoms with Gasteiger partial charge in [-0.3, -0.25) is 4.68 Å². The molecular weight excluding hydrogens is 280 g/mol. The summed E-state index contributed by atoms with van der Waals surface area (Å²) in [5.41, 5.74) is 2.66. The number of fused-ring (bicyclic) bond motifs is 1. The van der Waals surface area contributed by atoms with Crippen LogP contribution in [0.5, 0.6) is 0 Å². The lowest BCUT2D eigenvalue weighted by molar-refractivity contribution is 0.389. The minimum Gasteiger partial charge on any atom is -0.313 e. The van der Waals surface area contributed by atoms with Crippen molar-refractivity contribution in [2.24, 2.45) is 7.05 Å². The van der Waals surface area contributed by atoms with Gasteiger partial charge in [-0.15, -0.1) is 16.4 Å². The quantitative estimate of drug-likeness (QED) is 0.892. The number of rotatable bonds is 6. The highest BCUT2D eigenvalue weighted by Gasteiger charge is 2.29. The minimum atomic E-state index is 0.468. The third-order valence-electron chi connectivity index (χ3n) is 4.32. The van der Waals surface area contributed by atoms with E-state index < -0.39 is 0 Å². The van der Waals surface area contributed by atoms with Crippen molar-refractivity contribution in [1.82, 2.24) is 20.3 Å². The van der Waals surface area contributed by atoms with Crippen LogP contribution in [0.25, 0.3) is 0 Å². The Morgan fingerprint density at radius 1 is 1.52 bits per heavy atom. The van der Waals surface area contributed by atoms with E-state index >= 15 is 0 Å². The third kappa shape index (κ3) is 3.35. The minimum absolute atomic E-state index is 0.468. The maximum absolute atomic E-state index is 4.28. The van der Waals surface area contributed by atoms with E-state index in [1.165, 1.54) is 25.7 Å². The zero-order chi connectivity index (χ0) is 14.7. The van der Waals surface area contributed by atoms with E-state index in [1.807, 2.05) is 24.6 Å². The molecule has 0 bridgehead atoms. The molecule has 0 fully saturated rings. The molecule has 114 valence electrons. The summed E-state index contributed by atoms with van der Waals surface area (Å²) in [7, 11) is 1.93. The van der Waals surface area contributed by atoms with Crippen LogP contribution in [-0.2, 0) is 19.9 Å². The van der Waals surface area contributed by atoms with Crippen LogP contribution in [0.3, 0.4) is 0 Å². The van der Waals surface area contributed by atoms with Gasteiger partial charge in [0, 0.05) is 36.5 Å². The van der Waals surface area contributed by atoms with Gasteiger partial charge in [-0.2, -0.15) is 0 Å². The second-order valence-corrected chi connectivity index (χ2v) is 6.95. The molecule has 1 aliphatic carbocycles. The molecule has 2 atom stereocenters. The number of hydrogen-bond acceptors (Lipinski definition) is 4. The van der Waals surface area contributed by atoms with Crippen molar-refractivity contribution in [2.75, 3.05) is 6.54 Å². The van der Waals surface area contributed by atoms with E-state index in [0.717, 1.165) is 18.7 Å². The number of thiophene rings is 1. The highest BCUT2D eigenvalue weighted by Crippen LogP contribution is 2.37. The van der Waals surface area contributed by atoms with Gasteiger partial charge in [-0.05, 0) is 49.2 Å². The lowest BCUT2D eigenvalue weighted by atomic mass is 9.81. The first kappa shape index (κ1) is 14.7. The van der Waals surface area contributed by atoms with Crippen LogP contribution < -0.4 is 5.32 Å². The van der Waals surface area contributed by atoms with Crippen molar-refractivity contribution in [2.45, 2.75) is 51.0 Å². The zero-order valence-electron chi connectivity index (χ0n) is 12.9. The van der Waals surface area contributed by atoms with E-state index in [9.17, 15) is 0 Å². The van der Waals surface area contributed by atoms with Crippen LogP contribution in [0.15, 0.2) is 17.6 Å². The molecule has 0 radical (unpaired) electrons. The Morgan fingerprint density at radius 2 is 2.43 bits per heavy atom. The molecule has 2 heterocycles. The van der Waals surface area contributed by atoms with Crippen LogP contribution in [0.1, 0.15) is 48.2 Å². The van der Waals surface area contributed by atoms with Crippen LogP contribution in [0.2, 0.25) is 0 Å². The van der Waals surface area contributed by atoms with Gasteiger partial charge in [0.2, 0.25) is 0 Å². The van der Waals surface area contributed by atoms with Crippen LogP contribution in [0.4, 0.5) is 0 Å². The second-order valence-electron chi connectivity index (χ2n) is 5.95. The molecule has 0 amide bonds. The Labute approximate surface area is 130 Å². The Hall–Kier alpha value is -1.20. The van der Waals surface area contributed by atoms with Crippen LogP contribution in [0, 0.1) is 0 Å². The van der Waals surface area contributed by atoms with Gasteiger partial charge in [0.25, 0.3) is 0 Å². The van der Waals surface area contributed by atoms with E-state index in [4.69, 9.17) is 0 Å². The normalized spacial score (nSPS) is 19.4. The topological polar surface area (TPSA) is 42.7 Å². The standard InChI is InChI=1S/C16H24N4S/c1-3-8-17-15(10-12-11-20(2)19-18-12)13-5-4-6-16-14(13)7-9-21-16/h7,9,11,13,15,17H,3-6,8,10H2,1-2H3. The molecular formula is C16H24N4S. The Kier molecular flexibility index (Phi) is 4.70. The van der Waals surface area contributed by atoms with Crippen molar-refractivity contribution >= 4 is 11.3 Å². The highest BCUT2D eigenvalue weighted by molar-refractivity contribution is 7.10. The average molecular weight is 304 g/mol. The first-order chi connectivity index (χ1) is 10.3. The predicted molar refractivity (Wildman–Crippen MR) is 86.8 cm³/mol. The summed E-state index contributed by atoms with van der Waals surface area (Å²) in [6, 6.07) is 2.80. The summed E-state index contributed by atoms with van der Waals surface area (Å²) in [6.07, 6.45) is 8.02. The molecule has 0 saturated carbocycles. The molecule has 21 heavy (non-hydrogen) atoms. The molecule has 3 rings (SSSR count). The fourth-order valence-electron chi connectivity index (χ4n) is 3.34. The SMILES string of the molecule is CCCNC(Cc1cn(C)nn1)C1CCCc2sccc21. The second kappa shape index (κ2) is 6.71. The van der Waals surface area contributed by atoms with Gasteiger partial charge >= 0.3 is 0 Å². The Morgan fingerprint density at radius 3 is 3.19 bits per heavy atom. The highest BCUT2D eigenvalue weighted by atomic mass is 32.1. The largest absolute Gasteiger partial charge is 0.313 e. The number of aryl methyl sites for hydroxylation is 2. The molecule has 0 saturated heterocycles. The molecule has 1 N–H and O–H groups in total. The van der Waals surface area contributed by atoms with Gasteiger partial charge in [0.15, 0.2) is 0 Å². The van der Waals surface area contributed by atoms with Gasteiger partial charge < -0.3 is 5.32 Å². The maximum Gasteiger partial charge on any atom is 0.0842 e. The van der Waals surface area contributed by atoms with Crippen molar-refractivity contribution in [1.29, 1.82) is 0 Å². The van der Waals surface area contributed by atoms with Gasteiger partial charge in [0.1, 0.15) is 0 Å². The molecule has 5 heteroatoms. The maximum atomic E-state index is 4.28. The molecule has 0 spiro atoms. The molecule has 0 aromatic carbocycles. The lowest BCUT2D eigenvalue weighted by Crippen LogP contribution is -2.38. The summed E-state index contributed by atoms with van der Waals surface area (Å²) in [5, 5.41) is 14.4. The molecule has 1 aliphatic rings. The molecule has 2 unspecified atom stereocenters. The Balaban J connectivity index is 1.79. The monoisotopic (exact) mass is 304 g/mol. The molecule has 0 aliphatic heterocycles. The van der Waals surface area contributed by atoms with E-state index in [1.54, 1.807) is 15.1 Å². The van der Waals surface area contributed by atoms with Crippen molar-refractivity contribution in [3.8, 4) is 0 Å². The number of aromatic nitrogens is 3. The predicted octanol–water partition coefficient (Wildman–Crippen LogP) is 2.91. The molecule has 4 nitrogen and oxygen atoms in total. The first-order valence-corrected chi connectivity index (χ1v) is 8.80. The number of nitrogens with zero attached hydrogens (tertiary/aromatic N) is 3. The number of hydrogen-bond donors (Lipinski definition) is 1. The van der Waals surface area contributed by atoms with E-state index in [-0.39, 0.29) is 0 Å². The fourth-order valence-corrected chi connectivity index (χ4v) is 4.34. The first-order valence-electron chi connectivity index (χ1n) is 7.92. The summed E-state index contributed by atoms with van der Waals surface area (Å²) in [5.74, 6) is 0.619. The molecule has 2 aromatic heterocycles. The number of nitrogens with one attached hydrogen (secondary N) is 1. The third-order valence-corrected chi connectivity index (χ3v) is 5.32. The van der Waals surface area contributed by atoms with Crippen LogP contribution in [-0.4, -0.2) is 27.6 Å². The smallest absolute Gasteiger partial charge is 0.0842 e. The summed E-state index contributed by atoms with van der Waals surface area (Å²) in [6.45, 7) is 3.30. The van der Waals surface area contributed by atoms with Crippen LogP contribution >= 0.6 is 11.3 Å². The summed E-state index contributed by atoms with van der Waals surface area (Å²) in [4.78, 5) is 1.59. The lowest BCUT2D eigenvalue weighted by Gasteiger charge is -2.31. The van der Waals surface area contributed by atoms with E-state index in [0.29, 0.717) is 12.0 Å². The van der Waals surface area contributed by atoms with Gasteiger partial charge in [-0.1, -0.05) is 12.1 Å². The fraction of sp³-hybridized carbons (Fsp3) is 0.625. The van der Waals surface area contributed by atoms with Crippen molar-refractivity contribution < 1.29 is 0 Å². The van der Waals surface area contributed by atoms with Crippen molar-refractivity contribution in [3.05, 3.63) is 33.8 Å².